The van der Waals surface area contributed by atoms with E-state index in [-0.39, 0.29) is 0 Å². The van der Waals surface area contributed by atoms with Gasteiger partial charge in [0.2, 0.25) is 0 Å². The van der Waals surface area contributed by atoms with Crippen molar-refractivity contribution in [1.29, 1.82) is 0 Å². The molecular formula is C25H49NO3Si2. The number of benzene rings is 1. The molecule has 0 aliphatic carbocycles. The highest BCUT2D eigenvalue weighted by atomic mass is 28.4. The molecule has 0 N–H and O–H groups in total. The van der Waals surface area contributed by atoms with Crippen LogP contribution in [0.2, 0.25) is 22.7 Å². The molecule has 0 aromatic heterocycles. The minimum atomic E-state index is -2.61. The van der Waals surface area contributed by atoms with Crippen molar-refractivity contribution in [2.75, 3.05) is 26.4 Å². The third kappa shape index (κ3) is 7.51. The molecule has 0 bridgehead atoms. The quantitative estimate of drug-likeness (QED) is 0.243. The molecule has 0 fully saturated rings. The molecule has 0 atom stereocenters. The van der Waals surface area contributed by atoms with Crippen LogP contribution in [0.4, 0.5) is 0 Å². The molecular weight excluding hydrogens is 418 g/mol. The first kappa shape index (κ1) is 28.5. The lowest BCUT2D eigenvalue weighted by molar-refractivity contribution is 0.0703. The monoisotopic (exact) mass is 467 g/mol. The third-order valence-corrected chi connectivity index (χ3v) is 16.7. The zero-order valence-electron chi connectivity index (χ0n) is 21.7. The molecule has 0 spiro atoms. The predicted octanol–water partition coefficient (Wildman–Crippen LogP) is 7.10. The van der Waals surface area contributed by atoms with Gasteiger partial charge in [-0.1, -0.05) is 71.9 Å². The lowest BCUT2D eigenvalue weighted by Crippen LogP contribution is -2.60. The van der Waals surface area contributed by atoms with Crippen molar-refractivity contribution >= 4 is 17.0 Å². The van der Waals surface area contributed by atoms with Gasteiger partial charge in [0.1, 0.15) is 8.24 Å². The molecule has 1 aromatic carbocycles. The summed E-state index contributed by atoms with van der Waals surface area (Å²) >= 11 is 0. The third-order valence-electron chi connectivity index (χ3n) is 6.54. The highest BCUT2D eigenvalue weighted by Crippen LogP contribution is 2.44. The Hall–Kier alpha value is -0.506. The van der Waals surface area contributed by atoms with E-state index in [4.69, 9.17) is 13.3 Å². The van der Waals surface area contributed by atoms with E-state index in [0.717, 1.165) is 25.6 Å². The van der Waals surface area contributed by atoms with E-state index in [1.165, 1.54) is 5.56 Å². The van der Waals surface area contributed by atoms with Gasteiger partial charge < -0.3 is 17.8 Å². The second kappa shape index (κ2) is 13.9. The molecule has 0 saturated heterocycles. The Labute approximate surface area is 195 Å². The maximum absolute atomic E-state index is 6.13. The summed E-state index contributed by atoms with van der Waals surface area (Å²) < 4.78 is 21.3. The zero-order valence-corrected chi connectivity index (χ0v) is 23.7. The SMILES string of the molecule is CCO[Si](CCCN(Cc1ccccc1)[Si](C(C)C)(C(C)C)C(C)C)(OCC)OCC. The summed E-state index contributed by atoms with van der Waals surface area (Å²) in [6.07, 6.45) is 1.04. The van der Waals surface area contributed by atoms with Gasteiger partial charge in [-0.2, -0.15) is 0 Å². The van der Waals surface area contributed by atoms with E-state index < -0.39 is 17.0 Å². The topological polar surface area (TPSA) is 30.9 Å². The molecule has 0 saturated carbocycles. The molecule has 180 valence electrons. The summed E-state index contributed by atoms with van der Waals surface area (Å²) in [4.78, 5) is 0. The summed E-state index contributed by atoms with van der Waals surface area (Å²) in [5, 5.41) is 0. The highest BCUT2D eigenvalue weighted by molar-refractivity contribution is 6.80. The minimum absolute atomic E-state index is 0.641. The van der Waals surface area contributed by atoms with Gasteiger partial charge >= 0.3 is 8.80 Å². The van der Waals surface area contributed by atoms with Gasteiger partial charge in [0.05, 0.1) is 0 Å². The van der Waals surface area contributed by atoms with E-state index in [2.05, 4.69) is 76.4 Å². The Bertz CT molecular complexity index is 557. The van der Waals surface area contributed by atoms with Crippen molar-refractivity contribution in [3.8, 4) is 0 Å². The summed E-state index contributed by atoms with van der Waals surface area (Å²) in [5.41, 5.74) is 3.46. The van der Waals surface area contributed by atoms with Gasteiger partial charge in [0.15, 0.2) is 0 Å². The van der Waals surface area contributed by atoms with Gasteiger partial charge in [-0.25, -0.2) is 0 Å². The fraction of sp³-hybridized carbons (Fsp3) is 0.760. The molecule has 0 heterocycles. The Morgan fingerprint density at radius 1 is 0.742 bits per heavy atom. The fourth-order valence-electron chi connectivity index (χ4n) is 5.80. The van der Waals surface area contributed by atoms with Crippen molar-refractivity contribution in [3.63, 3.8) is 0 Å². The smallest absolute Gasteiger partial charge is 0.374 e. The van der Waals surface area contributed by atoms with Crippen LogP contribution in [0, 0.1) is 0 Å². The molecule has 4 nitrogen and oxygen atoms in total. The van der Waals surface area contributed by atoms with Gasteiger partial charge in [0, 0.05) is 32.4 Å². The van der Waals surface area contributed by atoms with Crippen molar-refractivity contribution in [1.82, 2.24) is 4.57 Å². The predicted molar refractivity (Wildman–Crippen MR) is 138 cm³/mol. The molecule has 6 heteroatoms. The second-order valence-corrected chi connectivity index (χ2v) is 17.9. The van der Waals surface area contributed by atoms with Crippen molar-refractivity contribution < 1.29 is 13.3 Å². The van der Waals surface area contributed by atoms with Crippen LogP contribution in [-0.2, 0) is 19.8 Å². The molecule has 0 amide bonds. The number of hydrogen-bond donors (Lipinski definition) is 0. The normalized spacial score (nSPS) is 13.2. The van der Waals surface area contributed by atoms with E-state index in [0.29, 0.717) is 36.4 Å². The van der Waals surface area contributed by atoms with E-state index in [1.54, 1.807) is 0 Å². The first-order valence-electron chi connectivity index (χ1n) is 12.4. The number of nitrogens with zero attached hydrogens (tertiary/aromatic N) is 1. The lowest BCUT2D eigenvalue weighted by Gasteiger charge is -2.51. The first-order valence-corrected chi connectivity index (χ1v) is 16.5. The number of hydrogen-bond acceptors (Lipinski definition) is 4. The van der Waals surface area contributed by atoms with Crippen molar-refractivity contribution in [2.24, 2.45) is 0 Å². The molecule has 31 heavy (non-hydrogen) atoms. The maximum atomic E-state index is 6.13. The van der Waals surface area contributed by atoms with E-state index >= 15 is 0 Å². The van der Waals surface area contributed by atoms with Crippen LogP contribution in [0.3, 0.4) is 0 Å². The first-order chi connectivity index (χ1) is 14.7. The van der Waals surface area contributed by atoms with Crippen LogP contribution in [0.1, 0.15) is 74.3 Å². The van der Waals surface area contributed by atoms with Crippen molar-refractivity contribution in [2.45, 2.75) is 97.9 Å². The van der Waals surface area contributed by atoms with Crippen LogP contribution in [-0.4, -0.2) is 48.0 Å². The van der Waals surface area contributed by atoms with Crippen LogP contribution in [0.15, 0.2) is 30.3 Å². The van der Waals surface area contributed by atoms with Gasteiger partial charge in [-0.05, 0) is 55.9 Å². The minimum Gasteiger partial charge on any atom is -0.374 e. The average molecular weight is 468 g/mol. The van der Waals surface area contributed by atoms with E-state index in [9.17, 15) is 0 Å². The summed E-state index contributed by atoms with van der Waals surface area (Å²) in [6.45, 7) is 24.8. The average Bonchev–Trinajstić information content (AvgIpc) is 2.69. The van der Waals surface area contributed by atoms with Gasteiger partial charge in [0.25, 0.3) is 0 Å². The molecule has 0 aliphatic rings. The Morgan fingerprint density at radius 3 is 1.58 bits per heavy atom. The molecule has 0 unspecified atom stereocenters. The summed E-state index contributed by atoms with van der Waals surface area (Å²) in [6, 6.07) is 11.9. The maximum Gasteiger partial charge on any atom is 0.500 e. The van der Waals surface area contributed by atoms with Crippen LogP contribution < -0.4 is 0 Å². The summed E-state index contributed by atoms with van der Waals surface area (Å²) in [5.74, 6) is 0. The molecule has 1 aromatic rings. The van der Waals surface area contributed by atoms with Gasteiger partial charge in [-0.15, -0.1) is 0 Å². The highest BCUT2D eigenvalue weighted by Gasteiger charge is 2.48. The van der Waals surface area contributed by atoms with Gasteiger partial charge in [-0.3, -0.25) is 0 Å². The molecule has 1 rings (SSSR count). The Morgan fingerprint density at radius 2 is 1.19 bits per heavy atom. The fourth-order valence-corrected chi connectivity index (χ4v) is 15.6. The van der Waals surface area contributed by atoms with Crippen molar-refractivity contribution in [3.05, 3.63) is 35.9 Å². The Balaban J connectivity index is 3.19. The second-order valence-electron chi connectivity index (χ2n) is 9.34. The van der Waals surface area contributed by atoms with Crippen LogP contribution in [0.25, 0.3) is 0 Å². The molecule has 0 radical (unpaired) electrons. The van der Waals surface area contributed by atoms with Crippen LogP contribution >= 0.6 is 0 Å². The largest absolute Gasteiger partial charge is 0.500 e. The Kier molecular flexibility index (Phi) is 12.8. The molecule has 0 aliphatic heterocycles. The van der Waals surface area contributed by atoms with E-state index in [1.807, 2.05) is 20.8 Å². The standard InChI is InChI=1S/C25H49NO3Si2/c1-10-27-30(28-11-2,29-12-3)20-16-19-26(21-25-17-14-13-15-18-25)31(22(4)5,23(6)7)24(8)9/h13-15,17-18,22-24H,10-12,16,19-21H2,1-9H3. The lowest BCUT2D eigenvalue weighted by atomic mass is 10.2. The number of rotatable bonds is 16. The summed E-state index contributed by atoms with van der Waals surface area (Å²) in [7, 11) is -4.37. The van der Waals surface area contributed by atoms with Crippen LogP contribution in [0.5, 0.6) is 0 Å². The zero-order chi connectivity index (χ0) is 23.5.